The van der Waals surface area contributed by atoms with Crippen LogP contribution in [0.5, 0.6) is 0 Å². The predicted molar refractivity (Wildman–Crippen MR) is 77.4 cm³/mol. The van der Waals surface area contributed by atoms with Crippen LogP contribution in [0.25, 0.3) is 11.1 Å². The monoisotopic (exact) mass is 288 g/mol. The SMILES string of the molecule is Cc1nc2cc(NCc3cc(C(=O)O)cs3)ccc2o1. The van der Waals surface area contributed by atoms with Crippen molar-refractivity contribution >= 4 is 34.1 Å². The Morgan fingerprint density at radius 3 is 3.05 bits per heavy atom. The number of carbonyl (C=O) groups is 1. The first-order chi connectivity index (χ1) is 9.61. The summed E-state index contributed by atoms with van der Waals surface area (Å²) in [6, 6.07) is 7.38. The van der Waals surface area contributed by atoms with E-state index in [2.05, 4.69) is 10.3 Å². The van der Waals surface area contributed by atoms with E-state index in [9.17, 15) is 4.79 Å². The van der Waals surface area contributed by atoms with E-state index < -0.39 is 5.97 Å². The zero-order valence-electron chi connectivity index (χ0n) is 10.7. The van der Waals surface area contributed by atoms with Gasteiger partial charge in [0.15, 0.2) is 11.5 Å². The van der Waals surface area contributed by atoms with Crippen molar-refractivity contribution in [3.05, 3.63) is 46.0 Å². The second kappa shape index (κ2) is 4.97. The molecule has 6 heteroatoms. The van der Waals surface area contributed by atoms with E-state index in [4.69, 9.17) is 9.52 Å². The summed E-state index contributed by atoms with van der Waals surface area (Å²) in [6.45, 7) is 2.40. The predicted octanol–water partition coefficient (Wildman–Crippen LogP) is 3.51. The molecule has 0 spiro atoms. The molecule has 0 radical (unpaired) electrons. The van der Waals surface area contributed by atoms with Crippen molar-refractivity contribution in [2.24, 2.45) is 0 Å². The lowest BCUT2D eigenvalue weighted by atomic mass is 10.2. The summed E-state index contributed by atoms with van der Waals surface area (Å²) < 4.78 is 5.41. The maximum absolute atomic E-state index is 10.8. The maximum atomic E-state index is 10.8. The molecule has 0 aliphatic heterocycles. The average molecular weight is 288 g/mol. The summed E-state index contributed by atoms with van der Waals surface area (Å²) in [6.07, 6.45) is 0. The molecule has 3 aromatic rings. The number of carboxylic acid groups (broad SMARTS) is 1. The molecule has 5 nitrogen and oxygen atoms in total. The Hall–Kier alpha value is -2.34. The number of aryl methyl sites for hydroxylation is 1. The van der Waals surface area contributed by atoms with Crippen LogP contribution in [0.3, 0.4) is 0 Å². The minimum atomic E-state index is -0.896. The van der Waals surface area contributed by atoms with Crippen molar-refractivity contribution in [1.29, 1.82) is 0 Å². The number of hydrogen-bond donors (Lipinski definition) is 2. The van der Waals surface area contributed by atoms with E-state index in [-0.39, 0.29) is 0 Å². The van der Waals surface area contributed by atoms with Crippen LogP contribution >= 0.6 is 11.3 Å². The van der Waals surface area contributed by atoms with E-state index in [0.29, 0.717) is 18.0 Å². The van der Waals surface area contributed by atoms with Gasteiger partial charge in [0.25, 0.3) is 0 Å². The number of fused-ring (bicyclic) bond motifs is 1. The van der Waals surface area contributed by atoms with Crippen molar-refractivity contribution in [2.45, 2.75) is 13.5 Å². The number of carboxylic acids is 1. The summed E-state index contributed by atoms with van der Waals surface area (Å²) in [7, 11) is 0. The first-order valence-electron chi connectivity index (χ1n) is 6.03. The zero-order valence-corrected chi connectivity index (χ0v) is 11.5. The van der Waals surface area contributed by atoms with Gasteiger partial charge in [0, 0.05) is 29.4 Å². The molecule has 0 aliphatic carbocycles. The Labute approximate surface area is 118 Å². The van der Waals surface area contributed by atoms with Crippen LogP contribution in [0, 0.1) is 6.92 Å². The molecule has 0 bridgehead atoms. The highest BCUT2D eigenvalue weighted by molar-refractivity contribution is 7.10. The highest BCUT2D eigenvalue weighted by atomic mass is 32.1. The number of oxazole rings is 1. The highest BCUT2D eigenvalue weighted by Gasteiger charge is 2.07. The van der Waals surface area contributed by atoms with Crippen molar-refractivity contribution in [1.82, 2.24) is 4.98 Å². The van der Waals surface area contributed by atoms with Gasteiger partial charge >= 0.3 is 5.97 Å². The van der Waals surface area contributed by atoms with Crippen molar-refractivity contribution in [3.63, 3.8) is 0 Å². The van der Waals surface area contributed by atoms with Crippen molar-refractivity contribution in [3.8, 4) is 0 Å². The Morgan fingerprint density at radius 1 is 1.45 bits per heavy atom. The van der Waals surface area contributed by atoms with E-state index in [1.165, 1.54) is 11.3 Å². The number of nitrogens with one attached hydrogen (secondary N) is 1. The first-order valence-corrected chi connectivity index (χ1v) is 6.91. The van der Waals surface area contributed by atoms with Crippen LogP contribution < -0.4 is 5.32 Å². The van der Waals surface area contributed by atoms with Crippen LogP contribution in [-0.4, -0.2) is 16.1 Å². The molecule has 0 unspecified atom stereocenters. The number of aromatic nitrogens is 1. The molecule has 2 aromatic heterocycles. The second-order valence-corrected chi connectivity index (χ2v) is 5.37. The van der Waals surface area contributed by atoms with Crippen molar-refractivity contribution in [2.75, 3.05) is 5.32 Å². The quantitative estimate of drug-likeness (QED) is 0.768. The van der Waals surface area contributed by atoms with E-state index in [1.807, 2.05) is 25.1 Å². The number of rotatable bonds is 4. The molecular weight excluding hydrogens is 276 g/mol. The molecule has 0 amide bonds. The standard InChI is InChI=1S/C14H12N2O3S/c1-8-16-12-5-10(2-3-13(12)19-8)15-6-11-4-9(7-20-11)14(17)18/h2-5,7,15H,6H2,1H3,(H,17,18). The number of aromatic carboxylic acids is 1. The smallest absolute Gasteiger partial charge is 0.336 e. The van der Waals surface area contributed by atoms with Gasteiger partial charge in [-0.1, -0.05) is 0 Å². The zero-order chi connectivity index (χ0) is 14.1. The number of anilines is 1. The third kappa shape index (κ3) is 2.50. The van der Waals surface area contributed by atoms with Crippen molar-refractivity contribution < 1.29 is 14.3 Å². The average Bonchev–Trinajstić information content (AvgIpc) is 3.00. The lowest BCUT2D eigenvalue weighted by Crippen LogP contribution is -1.98. The lowest BCUT2D eigenvalue weighted by molar-refractivity contribution is 0.0697. The fraction of sp³-hybridized carbons (Fsp3) is 0.143. The molecule has 2 N–H and O–H groups in total. The molecule has 0 atom stereocenters. The number of nitrogens with zero attached hydrogens (tertiary/aromatic N) is 1. The Balaban J connectivity index is 1.73. The normalized spacial score (nSPS) is 10.8. The molecule has 0 saturated heterocycles. The first kappa shape index (κ1) is 12.7. The van der Waals surface area contributed by atoms with Gasteiger partial charge in [0.1, 0.15) is 5.52 Å². The van der Waals surface area contributed by atoms with E-state index in [1.54, 1.807) is 11.4 Å². The Bertz CT molecular complexity index is 776. The second-order valence-electron chi connectivity index (χ2n) is 4.38. The molecule has 2 heterocycles. The highest BCUT2D eigenvalue weighted by Crippen LogP contribution is 2.21. The number of benzene rings is 1. The minimum Gasteiger partial charge on any atom is -0.478 e. The molecule has 20 heavy (non-hydrogen) atoms. The summed E-state index contributed by atoms with van der Waals surface area (Å²) >= 11 is 1.43. The summed E-state index contributed by atoms with van der Waals surface area (Å²) in [5.41, 5.74) is 2.83. The van der Waals surface area contributed by atoms with Gasteiger partial charge in [-0.25, -0.2) is 9.78 Å². The molecular formula is C14H12N2O3S. The van der Waals surface area contributed by atoms with Crippen LogP contribution in [0.1, 0.15) is 21.1 Å². The lowest BCUT2D eigenvalue weighted by Gasteiger charge is -2.03. The Morgan fingerprint density at radius 2 is 2.30 bits per heavy atom. The summed E-state index contributed by atoms with van der Waals surface area (Å²) in [5, 5.41) is 13.8. The van der Waals surface area contributed by atoms with Gasteiger partial charge in [-0.15, -0.1) is 11.3 Å². The fourth-order valence-electron chi connectivity index (χ4n) is 1.93. The molecule has 102 valence electrons. The fourth-order valence-corrected chi connectivity index (χ4v) is 2.72. The van der Waals surface area contributed by atoms with Crippen LogP contribution in [0.2, 0.25) is 0 Å². The molecule has 0 aliphatic rings. The van der Waals surface area contributed by atoms with Crippen LogP contribution in [0.15, 0.2) is 34.1 Å². The third-order valence-electron chi connectivity index (χ3n) is 2.86. The van der Waals surface area contributed by atoms with Gasteiger partial charge in [-0.2, -0.15) is 0 Å². The molecule has 0 fully saturated rings. The van der Waals surface area contributed by atoms with Crippen LogP contribution in [0.4, 0.5) is 5.69 Å². The van der Waals surface area contributed by atoms with E-state index >= 15 is 0 Å². The minimum absolute atomic E-state index is 0.328. The summed E-state index contributed by atoms with van der Waals surface area (Å²) in [4.78, 5) is 16.1. The third-order valence-corrected chi connectivity index (χ3v) is 3.80. The molecule has 1 aromatic carbocycles. The number of thiophene rings is 1. The molecule has 0 saturated carbocycles. The Kier molecular flexibility index (Phi) is 3.15. The van der Waals surface area contributed by atoms with E-state index in [0.717, 1.165) is 21.7 Å². The summed E-state index contributed by atoms with van der Waals surface area (Å²) in [5.74, 6) is -0.256. The number of hydrogen-bond acceptors (Lipinski definition) is 5. The van der Waals surface area contributed by atoms with Gasteiger partial charge in [-0.3, -0.25) is 0 Å². The van der Waals surface area contributed by atoms with Gasteiger partial charge in [0.05, 0.1) is 5.56 Å². The maximum Gasteiger partial charge on any atom is 0.336 e. The topological polar surface area (TPSA) is 75.4 Å². The van der Waals surface area contributed by atoms with Crippen LogP contribution in [-0.2, 0) is 6.54 Å². The molecule has 3 rings (SSSR count). The van der Waals surface area contributed by atoms with Gasteiger partial charge in [-0.05, 0) is 24.3 Å². The van der Waals surface area contributed by atoms with Gasteiger partial charge in [0.2, 0.25) is 0 Å². The van der Waals surface area contributed by atoms with Gasteiger partial charge < -0.3 is 14.8 Å². The largest absolute Gasteiger partial charge is 0.478 e.